The predicted molar refractivity (Wildman–Crippen MR) is 79.3 cm³/mol. The van der Waals surface area contributed by atoms with Crippen molar-refractivity contribution >= 4 is 34.8 Å². The summed E-state index contributed by atoms with van der Waals surface area (Å²) in [4.78, 5) is 22.5. The molecule has 0 amide bonds. The normalized spacial score (nSPS) is 13.7. The molecule has 0 spiro atoms. The number of allylic oxidation sites excluding steroid dienone is 4. The van der Waals surface area contributed by atoms with Crippen LogP contribution in [0.4, 0.5) is 0 Å². The molecule has 0 heterocycles. The van der Waals surface area contributed by atoms with E-state index < -0.39 is 0 Å². The fraction of sp³-hybridized carbons (Fsp3) is 0.571. The van der Waals surface area contributed by atoms with Gasteiger partial charge in [-0.3, -0.25) is 9.59 Å². The molecule has 2 nitrogen and oxygen atoms in total. The average molecular weight is 293 g/mol. The third-order valence-corrected chi connectivity index (χ3v) is 2.61. The number of hydrogen-bond acceptors (Lipinski definition) is 2. The molecular formula is C14H22Cl2O2. The Morgan fingerprint density at radius 1 is 1.00 bits per heavy atom. The molecule has 0 radical (unpaired) electrons. The van der Waals surface area contributed by atoms with E-state index in [1.165, 1.54) is 18.5 Å². The van der Waals surface area contributed by atoms with E-state index in [2.05, 4.69) is 18.5 Å². The van der Waals surface area contributed by atoms with Crippen LogP contribution in [0.5, 0.6) is 0 Å². The summed E-state index contributed by atoms with van der Waals surface area (Å²) < 4.78 is 0. The maximum absolute atomic E-state index is 11.4. The lowest BCUT2D eigenvalue weighted by atomic mass is 9.98. The van der Waals surface area contributed by atoms with Gasteiger partial charge in [0.25, 0.3) is 0 Å². The second-order valence-corrected chi connectivity index (χ2v) is 3.69. The van der Waals surface area contributed by atoms with Crippen molar-refractivity contribution in [3.8, 4) is 0 Å². The van der Waals surface area contributed by atoms with E-state index in [-0.39, 0.29) is 16.6 Å². The van der Waals surface area contributed by atoms with Crippen LogP contribution in [0.15, 0.2) is 22.8 Å². The van der Waals surface area contributed by atoms with Gasteiger partial charge in [-0.2, -0.15) is 0 Å². The Labute approximate surface area is 120 Å². The minimum Gasteiger partial charge on any atom is -0.290 e. The molecule has 0 saturated heterocycles. The summed E-state index contributed by atoms with van der Waals surface area (Å²) in [5.41, 5.74) is 0.479. The van der Waals surface area contributed by atoms with E-state index in [1.807, 2.05) is 13.8 Å². The van der Waals surface area contributed by atoms with Crippen LogP contribution in [0.3, 0.4) is 0 Å². The summed E-state index contributed by atoms with van der Waals surface area (Å²) in [5.74, 6) is -0.372. The lowest BCUT2D eigenvalue weighted by molar-refractivity contribution is -0.114. The van der Waals surface area contributed by atoms with Crippen LogP contribution >= 0.6 is 23.2 Å². The number of rotatable bonds is 4. The van der Waals surface area contributed by atoms with Gasteiger partial charge in [0.05, 0.1) is 5.03 Å². The van der Waals surface area contributed by atoms with Gasteiger partial charge in [0.1, 0.15) is 0 Å². The minimum atomic E-state index is -0.252. The van der Waals surface area contributed by atoms with Crippen molar-refractivity contribution in [1.29, 1.82) is 0 Å². The lowest BCUT2D eigenvalue weighted by Gasteiger charge is -2.09. The number of unbranched alkanes of at least 4 members (excludes halogenated alkanes) is 2. The number of hydrogen-bond donors (Lipinski definition) is 0. The fourth-order valence-corrected chi connectivity index (χ4v) is 1.62. The maximum atomic E-state index is 11.4. The standard InChI is InChI=1S/C11H13ClO2.C2H6.CH3Cl/c1-2-3-4-5-8-9(13)6-7-10(14)11(8)12;2*1-2/h6-7H,2-5H2,1H3;1-2H3;1H3. The molecule has 1 aliphatic carbocycles. The zero-order valence-electron chi connectivity index (χ0n) is 11.6. The molecule has 0 atom stereocenters. The van der Waals surface area contributed by atoms with Crippen LogP contribution in [0.2, 0.25) is 0 Å². The van der Waals surface area contributed by atoms with Crippen molar-refractivity contribution in [1.82, 2.24) is 0 Å². The van der Waals surface area contributed by atoms with E-state index in [1.54, 1.807) is 0 Å². The highest BCUT2D eigenvalue weighted by atomic mass is 35.5. The summed E-state index contributed by atoms with van der Waals surface area (Å²) >= 11 is 10.4. The molecule has 0 unspecified atom stereocenters. The van der Waals surface area contributed by atoms with E-state index in [4.69, 9.17) is 11.6 Å². The smallest absolute Gasteiger partial charge is 0.197 e. The number of ketones is 2. The van der Waals surface area contributed by atoms with Crippen molar-refractivity contribution in [2.45, 2.75) is 46.5 Å². The van der Waals surface area contributed by atoms with E-state index in [9.17, 15) is 9.59 Å². The number of halogens is 2. The topological polar surface area (TPSA) is 34.1 Å². The first-order chi connectivity index (χ1) is 8.66. The first-order valence-corrected chi connectivity index (χ1v) is 7.33. The first-order valence-electron chi connectivity index (χ1n) is 6.20. The van der Waals surface area contributed by atoms with Crippen LogP contribution in [0, 0.1) is 0 Å². The van der Waals surface area contributed by atoms with Gasteiger partial charge in [0.2, 0.25) is 0 Å². The zero-order valence-corrected chi connectivity index (χ0v) is 13.1. The highest BCUT2D eigenvalue weighted by molar-refractivity contribution is 6.48. The molecule has 1 aliphatic rings. The molecule has 0 aromatic rings. The van der Waals surface area contributed by atoms with Crippen LogP contribution in [-0.4, -0.2) is 17.9 Å². The molecule has 0 saturated carbocycles. The molecular weight excluding hydrogens is 271 g/mol. The monoisotopic (exact) mass is 292 g/mol. The largest absolute Gasteiger partial charge is 0.290 e. The molecule has 1 rings (SSSR count). The number of carbonyl (C=O) groups is 2. The third-order valence-electron chi connectivity index (χ3n) is 2.20. The minimum absolute atomic E-state index is 0.105. The van der Waals surface area contributed by atoms with Crippen LogP contribution in [-0.2, 0) is 9.59 Å². The van der Waals surface area contributed by atoms with Gasteiger partial charge in [-0.15, -0.1) is 11.6 Å². The Morgan fingerprint density at radius 2 is 1.50 bits per heavy atom. The van der Waals surface area contributed by atoms with E-state index >= 15 is 0 Å². The molecule has 0 aromatic carbocycles. The van der Waals surface area contributed by atoms with Gasteiger partial charge in [-0.1, -0.05) is 45.2 Å². The predicted octanol–water partition coefficient (Wildman–Crippen LogP) is 4.65. The van der Waals surface area contributed by atoms with E-state index in [0.717, 1.165) is 19.3 Å². The first kappa shape index (κ1) is 19.7. The van der Waals surface area contributed by atoms with Crippen molar-refractivity contribution in [2.24, 2.45) is 0 Å². The summed E-state index contributed by atoms with van der Waals surface area (Å²) in [6.07, 6.45) is 7.67. The highest BCUT2D eigenvalue weighted by Gasteiger charge is 2.20. The molecule has 0 N–H and O–H groups in total. The average Bonchev–Trinajstić information content (AvgIpc) is 2.43. The summed E-state index contributed by atoms with van der Waals surface area (Å²) in [6, 6.07) is 0. The van der Waals surface area contributed by atoms with Gasteiger partial charge in [0, 0.05) is 12.0 Å². The summed E-state index contributed by atoms with van der Waals surface area (Å²) in [5, 5.41) is 0.105. The third kappa shape index (κ3) is 6.97. The van der Waals surface area contributed by atoms with E-state index in [0.29, 0.717) is 12.0 Å². The highest BCUT2D eigenvalue weighted by Crippen LogP contribution is 2.22. The van der Waals surface area contributed by atoms with Crippen molar-refractivity contribution in [2.75, 3.05) is 6.38 Å². The van der Waals surface area contributed by atoms with Crippen LogP contribution < -0.4 is 0 Å². The van der Waals surface area contributed by atoms with Crippen molar-refractivity contribution < 1.29 is 9.59 Å². The summed E-state index contributed by atoms with van der Waals surface area (Å²) in [7, 11) is 0. The molecule has 0 fully saturated rings. The molecule has 0 aromatic heterocycles. The number of carbonyl (C=O) groups excluding carboxylic acids is 2. The summed E-state index contributed by atoms with van der Waals surface area (Å²) in [6.45, 7) is 6.09. The van der Waals surface area contributed by atoms with Gasteiger partial charge >= 0.3 is 0 Å². The SMILES string of the molecule is CC.CCCCCC1=C(Cl)C(=O)C=CC1=O.CCl. The van der Waals surface area contributed by atoms with Gasteiger partial charge in [-0.25, -0.2) is 0 Å². The zero-order chi connectivity index (χ0) is 14.6. The quantitative estimate of drug-likeness (QED) is 0.429. The van der Waals surface area contributed by atoms with Gasteiger partial charge in [-0.05, 0) is 25.0 Å². The second-order valence-electron chi connectivity index (χ2n) is 3.31. The maximum Gasteiger partial charge on any atom is 0.197 e. The van der Waals surface area contributed by atoms with Crippen molar-refractivity contribution in [3.05, 3.63) is 22.8 Å². The second kappa shape index (κ2) is 12.8. The molecule has 0 bridgehead atoms. The Morgan fingerprint density at radius 3 is 2.00 bits per heavy atom. The van der Waals surface area contributed by atoms with Crippen LogP contribution in [0.1, 0.15) is 46.5 Å². The fourth-order valence-electron chi connectivity index (χ4n) is 1.37. The Balaban J connectivity index is 0. The Bertz CT molecular complexity index is 318. The molecule has 4 heteroatoms. The van der Waals surface area contributed by atoms with Gasteiger partial charge < -0.3 is 0 Å². The Hall–Kier alpha value is -0.600. The number of alkyl halides is 1. The van der Waals surface area contributed by atoms with Gasteiger partial charge in [0.15, 0.2) is 11.6 Å². The molecule has 104 valence electrons. The Kier molecular flexibility index (Phi) is 14.1. The molecule has 0 aliphatic heterocycles. The molecule has 18 heavy (non-hydrogen) atoms. The van der Waals surface area contributed by atoms with Crippen LogP contribution in [0.25, 0.3) is 0 Å². The lowest BCUT2D eigenvalue weighted by Crippen LogP contribution is -2.11. The van der Waals surface area contributed by atoms with Crippen molar-refractivity contribution in [3.63, 3.8) is 0 Å².